The van der Waals surface area contributed by atoms with Crippen molar-refractivity contribution in [3.05, 3.63) is 126 Å². The zero-order valence-corrected chi connectivity index (χ0v) is 21.9. The Morgan fingerprint density at radius 2 is 1.55 bits per heavy atom. The Bertz CT molecular complexity index is 1680. The van der Waals surface area contributed by atoms with Crippen molar-refractivity contribution < 1.29 is 9.59 Å². The van der Waals surface area contributed by atoms with Gasteiger partial charge in [-0.15, -0.1) is 0 Å². The fourth-order valence-corrected chi connectivity index (χ4v) is 5.19. The molecule has 198 valence electrons. The third-order valence-electron chi connectivity index (χ3n) is 7.14. The van der Waals surface area contributed by atoms with Crippen molar-refractivity contribution in [2.45, 2.75) is 12.8 Å². The average molecular weight is 528 g/mol. The molecule has 0 atom stereocenters. The summed E-state index contributed by atoms with van der Waals surface area (Å²) >= 11 is 0. The van der Waals surface area contributed by atoms with Gasteiger partial charge in [-0.25, -0.2) is 4.98 Å². The normalized spacial score (nSPS) is 12.3. The molecular weight excluding hydrogens is 498 g/mol. The van der Waals surface area contributed by atoms with E-state index in [2.05, 4.69) is 10.3 Å². The highest BCUT2D eigenvalue weighted by molar-refractivity contribution is 6.10. The van der Waals surface area contributed by atoms with E-state index in [1.165, 1.54) is 0 Å². The second-order valence-electron chi connectivity index (χ2n) is 9.72. The van der Waals surface area contributed by atoms with Gasteiger partial charge < -0.3 is 20.9 Å². The van der Waals surface area contributed by atoms with Gasteiger partial charge in [0.05, 0.1) is 11.4 Å². The first-order chi connectivity index (χ1) is 19.6. The van der Waals surface area contributed by atoms with Gasteiger partial charge >= 0.3 is 0 Å². The number of carbonyl (C=O) groups is 2. The van der Waals surface area contributed by atoms with Crippen LogP contribution in [0, 0.1) is 0 Å². The summed E-state index contributed by atoms with van der Waals surface area (Å²) in [4.78, 5) is 36.9. The number of aromatic nitrogens is 2. The maximum Gasteiger partial charge on any atom is 0.258 e. The number of fused-ring (bicyclic) bond motifs is 3. The predicted octanol–water partition coefficient (Wildman–Crippen LogP) is 5.70. The van der Waals surface area contributed by atoms with Crippen LogP contribution in [0.15, 0.2) is 103 Å². The van der Waals surface area contributed by atoms with Gasteiger partial charge in [-0.2, -0.15) is 0 Å². The number of amides is 2. The number of nitrogens with one attached hydrogen (secondary N) is 2. The lowest BCUT2D eigenvalue weighted by molar-refractivity contribution is 0.0986. The topological polar surface area (TPSA) is 104 Å². The van der Waals surface area contributed by atoms with Crippen LogP contribution in [0.3, 0.4) is 0 Å². The number of benzene rings is 4. The van der Waals surface area contributed by atoms with Gasteiger partial charge in [0.2, 0.25) is 0 Å². The van der Waals surface area contributed by atoms with Crippen molar-refractivity contribution in [1.29, 1.82) is 0 Å². The largest absolute Gasteiger partial charge is 0.345 e. The van der Waals surface area contributed by atoms with Gasteiger partial charge in [0.1, 0.15) is 5.82 Å². The van der Waals surface area contributed by atoms with E-state index in [4.69, 9.17) is 10.7 Å². The molecule has 0 bridgehead atoms. The summed E-state index contributed by atoms with van der Waals surface area (Å²) in [6, 6.07) is 32.3. The molecule has 2 amide bonds. The number of carbonyl (C=O) groups excluding carboxylic acids is 2. The maximum absolute atomic E-state index is 13.7. The molecule has 1 aliphatic rings. The van der Waals surface area contributed by atoms with Crippen LogP contribution < -0.4 is 16.0 Å². The van der Waals surface area contributed by atoms with Gasteiger partial charge in [0, 0.05) is 47.5 Å². The molecule has 0 spiro atoms. The molecule has 0 aliphatic carbocycles. The van der Waals surface area contributed by atoms with E-state index in [-0.39, 0.29) is 11.8 Å². The van der Waals surface area contributed by atoms with E-state index >= 15 is 0 Å². The van der Waals surface area contributed by atoms with Crippen LogP contribution in [-0.4, -0.2) is 34.9 Å². The summed E-state index contributed by atoms with van der Waals surface area (Å²) in [5.41, 5.74) is 13.0. The summed E-state index contributed by atoms with van der Waals surface area (Å²) in [5, 5.41) is 2.98. The van der Waals surface area contributed by atoms with Crippen molar-refractivity contribution in [2.24, 2.45) is 5.73 Å². The van der Waals surface area contributed by atoms with Gasteiger partial charge in [-0.05, 0) is 54.1 Å². The lowest BCUT2D eigenvalue weighted by Gasteiger charge is -2.23. The second-order valence-corrected chi connectivity index (χ2v) is 9.72. The van der Waals surface area contributed by atoms with Crippen LogP contribution in [0.25, 0.3) is 22.4 Å². The summed E-state index contributed by atoms with van der Waals surface area (Å²) in [6.45, 7) is 1.04. The Hall–Kier alpha value is -5.01. The minimum Gasteiger partial charge on any atom is -0.345 e. The zero-order valence-electron chi connectivity index (χ0n) is 21.9. The van der Waals surface area contributed by atoms with E-state index < -0.39 is 0 Å². The molecule has 7 heteroatoms. The molecule has 0 radical (unpaired) electrons. The fourth-order valence-electron chi connectivity index (χ4n) is 5.19. The molecule has 0 fully saturated rings. The fraction of sp³-hybridized carbons (Fsp3) is 0.121. The molecule has 0 unspecified atom stereocenters. The Balaban J connectivity index is 1.22. The number of nitrogens with two attached hydrogens (primary N) is 1. The highest BCUT2D eigenvalue weighted by Gasteiger charge is 2.27. The van der Waals surface area contributed by atoms with Crippen molar-refractivity contribution in [3.63, 3.8) is 0 Å². The lowest BCUT2D eigenvalue weighted by atomic mass is 9.99. The number of hydrogen-bond donors (Lipinski definition) is 3. The average Bonchev–Trinajstić information content (AvgIpc) is 3.34. The van der Waals surface area contributed by atoms with Crippen LogP contribution >= 0.6 is 0 Å². The second kappa shape index (κ2) is 11.0. The van der Waals surface area contributed by atoms with Gasteiger partial charge in [-0.1, -0.05) is 66.7 Å². The number of H-pyrrole nitrogens is 1. The number of anilines is 2. The first-order valence-corrected chi connectivity index (χ1v) is 13.4. The molecule has 7 nitrogen and oxygen atoms in total. The van der Waals surface area contributed by atoms with Gasteiger partial charge in [0.15, 0.2) is 0 Å². The summed E-state index contributed by atoms with van der Waals surface area (Å²) in [5.74, 6) is 0.556. The molecule has 2 heterocycles. The first-order valence-electron chi connectivity index (χ1n) is 13.4. The van der Waals surface area contributed by atoms with E-state index in [1.807, 2.05) is 78.9 Å². The van der Waals surface area contributed by atoms with Crippen molar-refractivity contribution in [1.82, 2.24) is 9.97 Å². The van der Waals surface area contributed by atoms with E-state index in [9.17, 15) is 9.59 Å². The molecule has 0 saturated carbocycles. The minimum absolute atomic E-state index is 0.105. The third kappa shape index (κ3) is 4.90. The van der Waals surface area contributed by atoms with E-state index in [1.54, 1.807) is 29.2 Å². The quantitative estimate of drug-likeness (QED) is 0.263. The smallest absolute Gasteiger partial charge is 0.258 e. The SMILES string of the molecule is NCCc1nc2c([nH]1)CCN(C(=O)c1ccc(NC(=O)c3ccccc3-c3ccccc3)cc1)c1ccccc1-2. The van der Waals surface area contributed by atoms with E-state index in [0.717, 1.165) is 39.6 Å². The van der Waals surface area contributed by atoms with Crippen LogP contribution in [0.1, 0.15) is 32.2 Å². The van der Waals surface area contributed by atoms with Crippen molar-refractivity contribution >= 4 is 23.2 Å². The van der Waals surface area contributed by atoms with E-state index in [0.29, 0.717) is 42.7 Å². The Kier molecular flexibility index (Phi) is 6.95. The standard InChI is InChI=1S/C33H29N5O2/c34-20-18-30-36-28-19-21-38(29-13-7-6-12-27(29)31(28)37-30)33(40)23-14-16-24(17-15-23)35-32(39)26-11-5-4-10-25(26)22-8-2-1-3-9-22/h1-17H,18-21,34H2,(H,35,39)(H,36,37). The van der Waals surface area contributed by atoms with Crippen LogP contribution in [0.5, 0.6) is 0 Å². The maximum atomic E-state index is 13.7. The molecule has 1 aliphatic heterocycles. The highest BCUT2D eigenvalue weighted by Crippen LogP contribution is 2.36. The molecule has 6 rings (SSSR count). The lowest BCUT2D eigenvalue weighted by Crippen LogP contribution is -2.32. The summed E-state index contributed by atoms with van der Waals surface area (Å²) < 4.78 is 0. The van der Waals surface area contributed by atoms with Crippen LogP contribution in [0.2, 0.25) is 0 Å². The Labute approximate surface area is 232 Å². The molecule has 0 saturated heterocycles. The Morgan fingerprint density at radius 1 is 0.850 bits per heavy atom. The number of nitrogens with zero attached hydrogens (tertiary/aromatic N) is 2. The molecule has 40 heavy (non-hydrogen) atoms. The molecular formula is C33H29N5O2. The van der Waals surface area contributed by atoms with Crippen LogP contribution in [0.4, 0.5) is 11.4 Å². The molecule has 4 N–H and O–H groups in total. The summed E-state index contributed by atoms with van der Waals surface area (Å²) in [6.07, 6.45) is 1.33. The third-order valence-corrected chi connectivity index (χ3v) is 7.14. The molecule has 1 aromatic heterocycles. The predicted molar refractivity (Wildman–Crippen MR) is 158 cm³/mol. The number of hydrogen-bond acceptors (Lipinski definition) is 4. The number of imidazole rings is 1. The summed E-state index contributed by atoms with van der Waals surface area (Å²) in [7, 11) is 0. The zero-order chi connectivity index (χ0) is 27.5. The number of para-hydroxylation sites is 1. The van der Waals surface area contributed by atoms with Crippen LogP contribution in [-0.2, 0) is 12.8 Å². The first kappa shape index (κ1) is 25.3. The molecule has 4 aromatic carbocycles. The number of aromatic amines is 1. The van der Waals surface area contributed by atoms with Gasteiger partial charge in [-0.3, -0.25) is 9.59 Å². The highest BCUT2D eigenvalue weighted by atomic mass is 16.2. The Morgan fingerprint density at radius 3 is 2.33 bits per heavy atom. The number of rotatable bonds is 6. The van der Waals surface area contributed by atoms with Gasteiger partial charge in [0.25, 0.3) is 11.8 Å². The van der Waals surface area contributed by atoms with Crippen molar-refractivity contribution in [2.75, 3.05) is 23.3 Å². The minimum atomic E-state index is -0.206. The monoisotopic (exact) mass is 527 g/mol. The van der Waals surface area contributed by atoms with Crippen molar-refractivity contribution in [3.8, 4) is 22.4 Å². The molecule has 5 aromatic rings.